The molecule has 0 aromatic heterocycles. The maximum Gasteiger partial charge on any atom is 0.264 e. The molecule has 11 heteroatoms. The molecule has 3 aromatic carbocycles. The van der Waals surface area contributed by atoms with Crippen molar-refractivity contribution in [3.63, 3.8) is 0 Å². The van der Waals surface area contributed by atoms with E-state index in [4.69, 9.17) is 16.3 Å². The van der Waals surface area contributed by atoms with E-state index in [1.54, 1.807) is 60.7 Å². The van der Waals surface area contributed by atoms with Gasteiger partial charge in [0.1, 0.15) is 18.3 Å². The van der Waals surface area contributed by atoms with E-state index in [9.17, 15) is 18.0 Å². The Labute approximate surface area is 262 Å². The van der Waals surface area contributed by atoms with Crippen molar-refractivity contribution in [3.05, 3.63) is 87.9 Å². The molecule has 2 amide bonds. The molecule has 0 fully saturated rings. The lowest BCUT2D eigenvalue weighted by Crippen LogP contribution is -2.55. The van der Waals surface area contributed by atoms with Gasteiger partial charge in [0.2, 0.25) is 11.8 Å². The highest BCUT2D eigenvalue weighted by molar-refractivity contribution is 9.10. The molecule has 0 aliphatic rings. The summed E-state index contributed by atoms with van der Waals surface area (Å²) < 4.78 is 35.3. The van der Waals surface area contributed by atoms with Gasteiger partial charge in [0, 0.05) is 21.6 Å². The van der Waals surface area contributed by atoms with Crippen LogP contribution in [0.4, 0.5) is 5.69 Å². The number of benzene rings is 3. The van der Waals surface area contributed by atoms with Gasteiger partial charge in [-0.15, -0.1) is 0 Å². The lowest BCUT2D eigenvalue weighted by Gasteiger charge is -2.35. The van der Waals surface area contributed by atoms with Gasteiger partial charge in [-0.2, -0.15) is 0 Å². The van der Waals surface area contributed by atoms with Crippen LogP contribution in [0, 0.1) is 0 Å². The average molecular weight is 679 g/mol. The van der Waals surface area contributed by atoms with Crippen LogP contribution >= 0.6 is 27.5 Å². The predicted molar refractivity (Wildman–Crippen MR) is 170 cm³/mol. The highest BCUT2D eigenvalue weighted by Crippen LogP contribution is 2.28. The quantitative estimate of drug-likeness (QED) is 0.239. The van der Waals surface area contributed by atoms with Crippen LogP contribution in [0.5, 0.6) is 5.75 Å². The molecule has 0 aliphatic carbocycles. The van der Waals surface area contributed by atoms with E-state index in [2.05, 4.69) is 21.2 Å². The lowest BCUT2D eigenvalue weighted by atomic mass is 10.1. The average Bonchev–Trinajstić information content (AvgIpc) is 2.92. The number of amides is 2. The number of rotatable bonds is 12. The third-order valence-corrected chi connectivity index (χ3v) is 8.98. The van der Waals surface area contributed by atoms with Crippen LogP contribution < -0.4 is 14.4 Å². The molecule has 0 saturated carbocycles. The van der Waals surface area contributed by atoms with E-state index < -0.39 is 34.1 Å². The second kappa shape index (κ2) is 14.4. The Balaban J connectivity index is 2.08. The van der Waals surface area contributed by atoms with Crippen molar-refractivity contribution < 1.29 is 22.7 Å². The Morgan fingerprint density at radius 2 is 1.60 bits per heavy atom. The minimum atomic E-state index is -4.19. The number of carbonyl (C=O) groups is 2. The monoisotopic (exact) mass is 677 g/mol. The number of hydrogen-bond acceptors (Lipinski definition) is 5. The van der Waals surface area contributed by atoms with Crippen molar-refractivity contribution in [1.82, 2.24) is 10.2 Å². The fourth-order valence-corrected chi connectivity index (χ4v) is 6.19. The number of hydrogen-bond donors (Lipinski definition) is 1. The van der Waals surface area contributed by atoms with Crippen LogP contribution in [0.15, 0.2) is 82.2 Å². The number of nitrogens with one attached hydrogen (secondary N) is 1. The first kappa shape index (κ1) is 33.4. The van der Waals surface area contributed by atoms with Gasteiger partial charge < -0.3 is 15.0 Å². The third-order valence-electron chi connectivity index (χ3n) is 6.30. The van der Waals surface area contributed by atoms with Gasteiger partial charge >= 0.3 is 0 Å². The van der Waals surface area contributed by atoms with E-state index in [1.807, 2.05) is 34.6 Å². The maximum absolute atomic E-state index is 14.2. The molecular weight excluding hydrogens is 642 g/mol. The zero-order chi connectivity index (χ0) is 31.1. The highest BCUT2D eigenvalue weighted by atomic mass is 79.9. The molecule has 8 nitrogen and oxygen atoms in total. The number of carbonyl (C=O) groups excluding carboxylic acids is 2. The van der Waals surface area contributed by atoms with E-state index in [0.29, 0.717) is 33.8 Å². The molecule has 0 heterocycles. The molecule has 0 saturated heterocycles. The zero-order valence-corrected chi connectivity index (χ0v) is 27.6. The fraction of sp³-hybridized carbons (Fsp3) is 0.355. The third kappa shape index (κ3) is 8.72. The molecule has 226 valence electrons. The van der Waals surface area contributed by atoms with Crippen LogP contribution in [0.25, 0.3) is 0 Å². The topological polar surface area (TPSA) is 96.0 Å². The van der Waals surface area contributed by atoms with Gasteiger partial charge in [-0.05, 0) is 94.3 Å². The molecule has 1 N–H and O–H groups in total. The summed E-state index contributed by atoms with van der Waals surface area (Å²) in [6, 6.07) is 18.9. The normalized spacial score (nSPS) is 12.4. The van der Waals surface area contributed by atoms with Gasteiger partial charge in [0.05, 0.1) is 17.2 Å². The lowest BCUT2D eigenvalue weighted by molar-refractivity contribution is -0.141. The highest BCUT2D eigenvalue weighted by Gasteiger charge is 2.35. The number of halogens is 2. The summed E-state index contributed by atoms with van der Waals surface area (Å²) in [7, 11) is -4.19. The van der Waals surface area contributed by atoms with Crippen molar-refractivity contribution >= 4 is 55.1 Å². The molecule has 1 unspecified atom stereocenters. The molecule has 0 radical (unpaired) electrons. The number of ether oxygens (including phenoxy) is 1. The summed E-state index contributed by atoms with van der Waals surface area (Å²) >= 11 is 9.79. The molecular formula is C31H37BrClN3O5S. The smallest absolute Gasteiger partial charge is 0.264 e. The number of anilines is 1. The van der Waals surface area contributed by atoms with E-state index in [1.165, 1.54) is 17.0 Å². The Morgan fingerprint density at radius 3 is 2.14 bits per heavy atom. The van der Waals surface area contributed by atoms with Crippen LogP contribution in [-0.2, 0) is 26.2 Å². The summed E-state index contributed by atoms with van der Waals surface area (Å²) in [6.07, 6.45) is 0.306. The van der Waals surface area contributed by atoms with Gasteiger partial charge in [-0.3, -0.25) is 13.9 Å². The Bertz CT molecular complexity index is 1480. The molecule has 3 rings (SSSR count). The Morgan fingerprint density at radius 1 is 0.976 bits per heavy atom. The van der Waals surface area contributed by atoms with Crippen LogP contribution in [0.2, 0.25) is 5.02 Å². The van der Waals surface area contributed by atoms with Crippen molar-refractivity contribution in [3.8, 4) is 5.75 Å². The molecule has 0 aliphatic heterocycles. The molecule has 0 bridgehead atoms. The second-order valence-electron chi connectivity index (χ2n) is 10.7. The molecule has 0 spiro atoms. The summed E-state index contributed by atoms with van der Waals surface area (Å²) in [5.74, 6) is -0.326. The first-order valence-corrected chi connectivity index (χ1v) is 16.2. The molecule has 42 heavy (non-hydrogen) atoms. The van der Waals surface area contributed by atoms with Gasteiger partial charge in [0.25, 0.3) is 10.0 Å². The first-order chi connectivity index (χ1) is 19.8. The summed E-state index contributed by atoms with van der Waals surface area (Å²) in [5.41, 5.74) is 0.376. The second-order valence-corrected chi connectivity index (χ2v) is 13.9. The maximum atomic E-state index is 14.2. The van der Waals surface area contributed by atoms with Gasteiger partial charge in [-0.1, -0.05) is 52.7 Å². The van der Waals surface area contributed by atoms with E-state index in [-0.39, 0.29) is 23.0 Å². The number of sulfonamides is 1. The molecule has 1 atom stereocenters. The van der Waals surface area contributed by atoms with E-state index >= 15 is 0 Å². The fourth-order valence-electron chi connectivity index (χ4n) is 4.32. The van der Waals surface area contributed by atoms with Crippen LogP contribution in [0.1, 0.15) is 46.6 Å². The molecule has 3 aromatic rings. The van der Waals surface area contributed by atoms with Crippen LogP contribution in [-0.4, -0.2) is 49.9 Å². The Hall–Kier alpha value is -3.08. The standard InChI is InChI=1S/C31H37BrClN3O5S/c1-6-28(30(38)34-31(3,4)5)35(20-22-10-8-9-11-27(22)33)29(37)21-36(24-14-16-25(17-15-24)41-7-2)42(39,40)26-18-12-23(32)13-19-26/h8-19,28H,6-7,20-21H2,1-5H3,(H,34,38). The first-order valence-electron chi connectivity index (χ1n) is 13.6. The van der Waals surface area contributed by atoms with Crippen molar-refractivity contribution in [2.24, 2.45) is 0 Å². The van der Waals surface area contributed by atoms with Crippen molar-refractivity contribution in [2.45, 2.75) is 64.1 Å². The minimum absolute atomic E-state index is 0.0163. The van der Waals surface area contributed by atoms with Crippen molar-refractivity contribution in [1.29, 1.82) is 0 Å². The van der Waals surface area contributed by atoms with Crippen LogP contribution in [0.3, 0.4) is 0 Å². The van der Waals surface area contributed by atoms with Gasteiger partial charge in [-0.25, -0.2) is 8.42 Å². The largest absolute Gasteiger partial charge is 0.494 e. The summed E-state index contributed by atoms with van der Waals surface area (Å²) in [5, 5.41) is 3.39. The summed E-state index contributed by atoms with van der Waals surface area (Å²) in [6.45, 7) is 9.15. The Kier molecular flexibility index (Phi) is 11.5. The van der Waals surface area contributed by atoms with Crippen molar-refractivity contribution in [2.75, 3.05) is 17.5 Å². The number of nitrogens with zero attached hydrogens (tertiary/aromatic N) is 2. The summed E-state index contributed by atoms with van der Waals surface area (Å²) in [4.78, 5) is 29.0. The SMILES string of the molecule is CCOc1ccc(N(CC(=O)N(Cc2ccccc2Cl)C(CC)C(=O)NC(C)(C)C)S(=O)(=O)c2ccc(Br)cc2)cc1. The van der Waals surface area contributed by atoms with Gasteiger partial charge in [0.15, 0.2) is 0 Å². The predicted octanol–water partition coefficient (Wildman–Crippen LogP) is 6.42. The van der Waals surface area contributed by atoms with E-state index in [0.717, 1.165) is 4.31 Å². The zero-order valence-electron chi connectivity index (χ0n) is 24.4. The minimum Gasteiger partial charge on any atom is -0.494 e.